The van der Waals surface area contributed by atoms with Crippen molar-refractivity contribution in [2.75, 3.05) is 0 Å². The van der Waals surface area contributed by atoms with Crippen LogP contribution in [0.5, 0.6) is 0 Å². The molecular weight excluding hydrogens is 198 g/mol. The van der Waals surface area contributed by atoms with E-state index in [9.17, 15) is 9.59 Å². The van der Waals surface area contributed by atoms with Crippen LogP contribution in [0.4, 0.5) is 0 Å². The van der Waals surface area contributed by atoms with Crippen molar-refractivity contribution in [3.05, 3.63) is 48.2 Å². The number of nitrogens with one attached hydrogen (secondary N) is 1. The zero-order chi connectivity index (χ0) is 11.3. The number of hydrogen-bond donors (Lipinski definition) is 2. The van der Waals surface area contributed by atoms with Crippen LogP contribution in [0.25, 0.3) is 0 Å². The molecule has 5 heteroatoms. The molecule has 78 valence electrons. The lowest BCUT2D eigenvalue weighted by Gasteiger charge is -2.04. The third-order valence-corrected chi connectivity index (χ3v) is 1.61. The van der Waals surface area contributed by atoms with Crippen LogP contribution in [-0.4, -0.2) is 17.0 Å². The first kappa shape index (κ1) is 10.8. The minimum atomic E-state index is -1.18. The Hall–Kier alpha value is -2.30. The summed E-state index contributed by atoms with van der Waals surface area (Å²) in [5, 5.41) is 8.79. The van der Waals surface area contributed by atoms with Gasteiger partial charge >= 0.3 is 11.9 Å². The van der Waals surface area contributed by atoms with Crippen molar-refractivity contribution in [2.24, 2.45) is 0 Å². The molecule has 0 aliphatic carbocycles. The second kappa shape index (κ2) is 4.80. The molecule has 0 aliphatic heterocycles. The highest BCUT2D eigenvalue weighted by Gasteiger charge is 2.16. The summed E-state index contributed by atoms with van der Waals surface area (Å²) in [5.41, 5.74) is 2.02. The van der Waals surface area contributed by atoms with Crippen molar-refractivity contribution in [3.63, 3.8) is 0 Å². The van der Waals surface area contributed by atoms with Gasteiger partial charge in [0.05, 0.1) is 11.1 Å². The van der Waals surface area contributed by atoms with Gasteiger partial charge in [0.15, 0.2) is 0 Å². The molecule has 5 nitrogen and oxygen atoms in total. The molecule has 0 saturated heterocycles. The first-order valence-electron chi connectivity index (χ1n) is 4.06. The van der Waals surface area contributed by atoms with Crippen LogP contribution < -0.4 is 5.48 Å². The second-order valence-corrected chi connectivity index (χ2v) is 2.56. The normalized spacial score (nSPS) is 9.07. The molecule has 0 aliphatic rings. The number of hydrogen-bond acceptors (Lipinski definition) is 4. The lowest BCUT2D eigenvalue weighted by molar-refractivity contribution is 0.0344. The topological polar surface area (TPSA) is 75.6 Å². The van der Waals surface area contributed by atoms with Crippen LogP contribution >= 0.6 is 0 Å². The first-order chi connectivity index (χ1) is 7.16. The van der Waals surface area contributed by atoms with Crippen molar-refractivity contribution in [1.29, 1.82) is 0 Å². The van der Waals surface area contributed by atoms with E-state index < -0.39 is 11.9 Å². The van der Waals surface area contributed by atoms with E-state index in [0.717, 1.165) is 0 Å². The Morgan fingerprint density at radius 1 is 1.33 bits per heavy atom. The highest BCUT2D eigenvalue weighted by atomic mass is 16.7. The molecule has 0 bridgehead atoms. The van der Waals surface area contributed by atoms with Crippen molar-refractivity contribution in [3.8, 4) is 0 Å². The monoisotopic (exact) mass is 207 g/mol. The maximum Gasteiger partial charge on any atom is 0.363 e. The fourth-order valence-corrected chi connectivity index (χ4v) is 0.998. The Bertz CT molecular complexity index is 400. The minimum absolute atomic E-state index is 0.0145. The van der Waals surface area contributed by atoms with E-state index in [0.29, 0.717) is 0 Å². The van der Waals surface area contributed by atoms with Gasteiger partial charge in [-0.15, -0.1) is 0 Å². The van der Waals surface area contributed by atoms with E-state index in [1.807, 2.05) is 0 Å². The minimum Gasteiger partial charge on any atom is -0.478 e. The molecule has 0 heterocycles. The van der Waals surface area contributed by atoms with Gasteiger partial charge in [0, 0.05) is 6.20 Å². The van der Waals surface area contributed by atoms with Crippen molar-refractivity contribution in [2.45, 2.75) is 0 Å². The summed E-state index contributed by atoms with van der Waals surface area (Å²) < 4.78 is 0. The van der Waals surface area contributed by atoms with Crippen LogP contribution in [0.3, 0.4) is 0 Å². The maximum absolute atomic E-state index is 11.3. The molecule has 0 unspecified atom stereocenters. The van der Waals surface area contributed by atoms with Gasteiger partial charge in [-0.1, -0.05) is 18.7 Å². The van der Waals surface area contributed by atoms with Gasteiger partial charge in [-0.2, -0.15) is 0 Å². The van der Waals surface area contributed by atoms with E-state index in [2.05, 4.69) is 16.9 Å². The lowest BCUT2D eigenvalue weighted by Crippen LogP contribution is -2.17. The summed E-state index contributed by atoms with van der Waals surface area (Å²) in [4.78, 5) is 26.6. The molecular formula is C10H9NO4. The number of carbonyl (C=O) groups is 2. The van der Waals surface area contributed by atoms with E-state index in [1.54, 1.807) is 6.07 Å². The van der Waals surface area contributed by atoms with Crippen LogP contribution in [0.15, 0.2) is 37.0 Å². The smallest absolute Gasteiger partial charge is 0.363 e. The summed E-state index contributed by atoms with van der Waals surface area (Å²) >= 11 is 0. The third-order valence-electron chi connectivity index (χ3n) is 1.61. The fraction of sp³-hybridized carbons (Fsp3) is 0. The standard InChI is InChI=1S/C10H9NO4/c1-2-11-15-10(14)8-6-4-3-5-7(8)9(12)13/h2-6,11H,1H2,(H,12,13). The molecule has 2 N–H and O–H groups in total. The summed E-state index contributed by atoms with van der Waals surface area (Å²) in [6, 6.07) is 5.78. The molecule has 0 atom stereocenters. The van der Waals surface area contributed by atoms with Gasteiger partial charge in [-0.3, -0.25) is 0 Å². The van der Waals surface area contributed by atoms with Gasteiger partial charge in [0.25, 0.3) is 0 Å². The highest BCUT2D eigenvalue weighted by Crippen LogP contribution is 2.09. The number of aromatic carboxylic acids is 1. The van der Waals surface area contributed by atoms with Crippen LogP contribution in [-0.2, 0) is 4.84 Å². The molecule has 1 rings (SSSR count). The molecule has 0 aromatic heterocycles. The van der Waals surface area contributed by atoms with Gasteiger partial charge in [0.1, 0.15) is 0 Å². The van der Waals surface area contributed by atoms with Crippen LogP contribution in [0.2, 0.25) is 0 Å². The number of carboxylic acid groups (broad SMARTS) is 1. The molecule has 1 aromatic carbocycles. The van der Waals surface area contributed by atoms with E-state index in [1.165, 1.54) is 24.4 Å². The van der Waals surface area contributed by atoms with Gasteiger partial charge < -0.3 is 9.94 Å². The number of carboxylic acids is 1. The molecule has 0 spiro atoms. The number of benzene rings is 1. The predicted octanol–water partition coefficient (Wildman–Crippen LogP) is 1.19. The predicted molar refractivity (Wildman–Crippen MR) is 52.1 cm³/mol. The summed E-state index contributed by atoms with van der Waals surface area (Å²) in [7, 11) is 0. The van der Waals surface area contributed by atoms with Crippen molar-refractivity contribution < 1.29 is 19.5 Å². The van der Waals surface area contributed by atoms with Gasteiger partial charge in [-0.25, -0.2) is 15.1 Å². The molecule has 0 radical (unpaired) electrons. The molecule has 0 amide bonds. The molecule has 0 fully saturated rings. The van der Waals surface area contributed by atoms with Crippen molar-refractivity contribution >= 4 is 11.9 Å². The Kier molecular flexibility index (Phi) is 3.45. The Morgan fingerprint density at radius 3 is 2.47 bits per heavy atom. The van der Waals surface area contributed by atoms with Crippen LogP contribution in [0.1, 0.15) is 20.7 Å². The third kappa shape index (κ3) is 2.57. The molecule has 1 aromatic rings. The number of hydroxylamine groups is 1. The average Bonchev–Trinajstić information content (AvgIpc) is 2.25. The zero-order valence-corrected chi connectivity index (χ0v) is 7.77. The second-order valence-electron chi connectivity index (χ2n) is 2.56. The average molecular weight is 207 g/mol. The summed E-state index contributed by atoms with van der Waals surface area (Å²) in [6.07, 6.45) is 1.17. The Labute approximate surface area is 85.9 Å². The fourth-order valence-electron chi connectivity index (χ4n) is 0.998. The number of rotatable bonds is 4. The first-order valence-corrected chi connectivity index (χ1v) is 4.06. The molecule has 15 heavy (non-hydrogen) atoms. The summed E-state index contributed by atoms with van der Waals surface area (Å²) in [6.45, 7) is 3.28. The highest BCUT2D eigenvalue weighted by molar-refractivity contribution is 6.02. The lowest BCUT2D eigenvalue weighted by atomic mass is 10.1. The number of carbonyl (C=O) groups excluding carboxylic acids is 1. The Morgan fingerprint density at radius 2 is 1.93 bits per heavy atom. The Balaban J connectivity index is 2.97. The van der Waals surface area contributed by atoms with E-state index in [4.69, 9.17) is 5.11 Å². The summed E-state index contributed by atoms with van der Waals surface area (Å²) in [5.74, 6) is -1.95. The van der Waals surface area contributed by atoms with E-state index >= 15 is 0 Å². The van der Waals surface area contributed by atoms with Crippen molar-refractivity contribution in [1.82, 2.24) is 5.48 Å². The van der Waals surface area contributed by atoms with Crippen LogP contribution in [0, 0.1) is 0 Å². The maximum atomic E-state index is 11.3. The molecule has 0 saturated carbocycles. The SMILES string of the molecule is C=CNOC(=O)c1ccccc1C(=O)O. The zero-order valence-electron chi connectivity index (χ0n) is 7.77. The van der Waals surface area contributed by atoms with Gasteiger partial charge in [0.2, 0.25) is 0 Å². The largest absolute Gasteiger partial charge is 0.478 e. The van der Waals surface area contributed by atoms with E-state index in [-0.39, 0.29) is 11.1 Å². The van der Waals surface area contributed by atoms with Gasteiger partial charge in [-0.05, 0) is 12.1 Å². The quantitative estimate of drug-likeness (QED) is 0.725.